The molecule has 0 atom stereocenters. The van der Waals surface area contributed by atoms with Gasteiger partial charge in [-0.05, 0) is 26.0 Å². The molecule has 0 aliphatic rings. The van der Waals surface area contributed by atoms with Crippen molar-refractivity contribution in [3.8, 4) is 0 Å². The third-order valence-electron chi connectivity index (χ3n) is 2.81. The summed E-state index contributed by atoms with van der Waals surface area (Å²) in [6.07, 6.45) is 0.642. The molecular formula is C13H19N3O2S. The normalized spacial score (nSPS) is 10.1. The highest BCUT2D eigenvalue weighted by molar-refractivity contribution is 7.80. The fourth-order valence-corrected chi connectivity index (χ4v) is 1.82. The molecule has 0 aromatic carbocycles. The van der Waals surface area contributed by atoms with Crippen LogP contribution in [0.4, 0.5) is 5.82 Å². The number of anilines is 1. The van der Waals surface area contributed by atoms with Crippen LogP contribution in [-0.4, -0.2) is 36.1 Å². The van der Waals surface area contributed by atoms with E-state index in [1.54, 1.807) is 13.0 Å². The van der Waals surface area contributed by atoms with Crippen LogP contribution in [0, 0.1) is 6.92 Å². The molecule has 0 fully saturated rings. The van der Waals surface area contributed by atoms with Gasteiger partial charge in [0.15, 0.2) is 0 Å². The van der Waals surface area contributed by atoms with Crippen LogP contribution in [0.5, 0.6) is 0 Å². The third-order valence-corrected chi connectivity index (χ3v) is 3.01. The Hall–Kier alpha value is -1.69. The van der Waals surface area contributed by atoms with Crippen LogP contribution < -0.4 is 10.6 Å². The van der Waals surface area contributed by atoms with E-state index in [0.29, 0.717) is 22.7 Å². The molecule has 0 radical (unpaired) electrons. The molecule has 0 spiro atoms. The highest BCUT2D eigenvalue weighted by Gasteiger charge is 2.13. The van der Waals surface area contributed by atoms with Crippen LogP contribution in [0.3, 0.4) is 0 Å². The van der Waals surface area contributed by atoms with E-state index < -0.39 is 0 Å². The number of esters is 1. The summed E-state index contributed by atoms with van der Waals surface area (Å²) < 4.78 is 4.70. The zero-order valence-corrected chi connectivity index (χ0v) is 12.3. The van der Waals surface area contributed by atoms with Crippen LogP contribution in [-0.2, 0) is 4.74 Å². The number of ether oxygens (including phenoxy) is 1. The predicted octanol–water partition coefficient (Wildman–Crippen LogP) is 1.68. The summed E-state index contributed by atoms with van der Waals surface area (Å²) >= 11 is 4.88. The number of aryl methyl sites for hydroxylation is 1. The Labute approximate surface area is 118 Å². The van der Waals surface area contributed by atoms with Gasteiger partial charge in [0.25, 0.3) is 0 Å². The molecule has 1 aromatic rings. The Bertz CT molecular complexity index is 477. The molecule has 0 aliphatic carbocycles. The number of aromatic nitrogens is 1. The molecule has 1 heterocycles. The number of hydrogen-bond acceptors (Lipinski definition) is 5. The number of nitrogens with two attached hydrogens (primary N) is 1. The van der Waals surface area contributed by atoms with E-state index in [9.17, 15) is 4.79 Å². The highest BCUT2D eigenvalue weighted by atomic mass is 32.1. The standard InChI is InChI=1S/C13H19N3O2S/c1-4-16(8-7-11(14)19)12-6-5-10(9(2)15-12)13(17)18-3/h5-6H,4,7-8H2,1-3H3,(H2,14,19). The smallest absolute Gasteiger partial charge is 0.339 e. The Morgan fingerprint density at radius 1 is 1.53 bits per heavy atom. The molecule has 5 nitrogen and oxygen atoms in total. The molecule has 6 heteroatoms. The number of hydrogen-bond donors (Lipinski definition) is 1. The number of methoxy groups -OCH3 is 1. The molecule has 19 heavy (non-hydrogen) atoms. The van der Waals surface area contributed by atoms with Gasteiger partial charge in [-0.3, -0.25) is 0 Å². The van der Waals surface area contributed by atoms with Gasteiger partial charge in [-0.2, -0.15) is 0 Å². The molecule has 0 aliphatic heterocycles. The Morgan fingerprint density at radius 2 is 2.21 bits per heavy atom. The second kappa shape index (κ2) is 7.04. The first-order chi connectivity index (χ1) is 8.99. The van der Waals surface area contributed by atoms with E-state index in [-0.39, 0.29) is 5.97 Å². The van der Waals surface area contributed by atoms with Gasteiger partial charge in [0.05, 0.1) is 23.4 Å². The largest absolute Gasteiger partial charge is 0.465 e. The molecule has 104 valence electrons. The van der Waals surface area contributed by atoms with Crippen LogP contribution >= 0.6 is 12.2 Å². The second-order valence-electron chi connectivity index (χ2n) is 4.09. The minimum Gasteiger partial charge on any atom is -0.465 e. The number of nitrogens with zero attached hydrogens (tertiary/aromatic N) is 2. The molecule has 0 bridgehead atoms. The average Bonchev–Trinajstić information content (AvgIpc) is 2.38. The lowest BCUT2D eigenvalue weighted by atomic mass is 10.2. The van der Waals surface area contributed by atoms with Crippen molar-refractivity contribution in [3.05, 3.63) is 23.4 Å². The molecule has 0 amide bonds. The first-order valence-corrected chi connectivity index (χ1v) is 6.49. The van der Waals surface area contributed by atoms with Gasteiger partial charge >= 0.3 is 5.97 Å². The molecule has 0 unspecified atom stereocenters. The SMILES string of the molecule is CCN(CCC(N)=S)c1ccc(C(=O)OC)c(C)n1. The zero-order valence-electron chi connectivity index (χ0n) is 11.5. The van der Waals surface area contributed by atoms with E-state index >= 15 is 0 Å². The summed E-state index contributed by atoms with van der Waals surface area (Å²) in [6, 6.07) is 3.54. The molecule has 0 saturated heterocycles. The Balaban J connectivity index is 2.91. The fraction of sp³-hybridized carbons (Fsp3) is 0.462. The van der Waals surface area contributed by atoms with E-state index in [0.717, 1.165) is 18.9 Å². The van der Waals surface area contributed by atoms with Gasteiger partial charge in [-0.15, -0.1) is 0 Å². The Kier molecular flexibility index (Phi) is 5.69. The van der Waals surface area contributed by atoms with Crippen LogP contribution in [0.2, 0.25) is 0 Å². The summed E-state index contributed by atoms with van der Waals surface area (Å²) in [6.45, 7) is 5.34. The van der Waals surface area contributed by atoms with Crippen molar-refractivity contribution in [3.63, 3.8) is 0 Å². The first kappa shape index (κ1) is 15.4. The number of pyridine rings is 1. The van der Waals surface area contributed by atoms with E-state index in [4.69, 9.17) is 22.7 Å². The zero-order chi connectivity index (χ0) is 14.4. The van der Waals surface area contributed by atoms with Crippen LogP contribution in [0.15, 0.2) is 12.1 Å². The lowest BCUT2D eigenvalue weighted by Crippen LogP contribution is -2.28. The summed E-state index contributed by atoms with van der Waals surface area (Å²) in [5.41, 5.74) is 6.64. The minimum absolute atomic E-state index is 0.372. The lowest BCUT2D eigenvalue weighted by Gasteiger charge is -2.22. The number of carbonyl (C=O) groups is 1. The van der Waals surface area contributed by atoms with Gasteiger partial charge < -0.3 is 15.4 Å². The molecule has 0 saturated carbocycles. The quantitative estimate of drug-likeness (QED) is 0.632. The van der Waals surface area contributed by atoms with Crippen LogP contribution in [0.25, 0.3) is 0 Å². The maximum atomic E-state index is 11.5. The summed E-state index contributed by atoms with van der Waals surface area (Å²) in [5.74, 6) is 0.437. The average molecular weight is 281 g/mol. The van der Waals surface area contributed by atoms with Gasteiger partial charge in [-0.1, -0.05) is 12.2 Å². The molecular weight excluding hydrogens is 262 g/mol. The third kappa shape index (κ3) is 4.17. The van der Waals surface area contributed by atoms with Crippen molar-refractivity contribution in [1.82, 2.24) is 4.98 Å². The lowest BCUT2D eigenvalue weighted by molar-refractivity contribution is 0.0599. The number of rotatable bonds is 6. The molecule has 2 N–H and O–H groups in total. The highest BCUT2D eigenvalue weighted by Crippen LogP contribution is 2.15. The molecule has 1 aromatic heterocycles. The van der Waals surface area contributed by atoms with Crippen molar-refractivity contribution in [2.75, 3.05) is 25.1 Å². The van der Waals surface area contributed by atoms with E-state index in [1.807, 2.05) is 13.0 Å². The maximum absolute atomic E-state index is 11.5. The number of thiocarbonyl (C=S) groups is 1. The molecule has 1 rings (SSSR count). The maximum Gasteiger partial charge on any atom is 0.339 e. The Morgan fingerprint density at radius 3 is 2.68 bits per heavy atom. The van der Waals surface area contributed by atoms with Crippen molar-refractivity contribution < 1.29 is 9.53 Å². The van der Waals surface area contributed by atoms with Crippen molar-refractivity contribution >= 4 is 29.0 Å². The minimum atomic E-state index is -0.372. The van der Waals surface area contributed by atoms with Gasteiger partial charge in [-0.25, -0.2) is 9.78 Å². The monoisotopic (exact) mass is 281 g/mol. The fourth-order valence-electron chi connectivity index (χ4n) is 1.73. The first-order valence-electron chi connectivity index (χ1n) is 6.08. The van der Waals surface area contributed by atoms with Gasteiger partial charge in [0, 0.05) is 19.5 Å². The van der Waals surface area contributed by atoms with Gasteiger partial charge in [0.2, 0.25) is 0 Å². The number of carbonyl (C=O) groups excluding carboxylic acids is 1. The van der Waals surface area contributed by atoms with Crippen molar-refractivity contribution in [2.45, 2.75) is 20.3 Å². The van der Waals surface area contributed by atoms with Crippen molar-refractivity contribution in [1.29, 1.82) is 0 Å². The van der Waals surface area contributed by atoms with Gasteiger partial charge in [0.1, 0.15) is 5.82 Å². The van der Waals surface area contributed by atoms with Crippen LogP contribution in [0.1, 0.15) is 29.4 Å². The summed E-state index contributed by atoms with van der Waals surface area (Å²) in [4.78, 5) is 18.5. The second-order valence-corrected chi connectivity index (χ2v) is 4.61. The summed E-state index contributed by atoms with van der Waals surface area (Å²) in [5, 5.41) is 0. The van der Waals surface area contributed by atoms with E-state index in [2.05, 4.69) is 9.88 Å². The van der Waals surface area contributed by atoms with E-state index in [1.165, 1.54) is 7.11 Å². The summed E-state index contributed by atoms with van der Waals surface area (Å²) in [7, 11) is 1.36. The predicted molar refractivity (Wildman–Crippen MR) is 79.6 cm³/mol. The van der Waals surface area contributed by atoms with Crippen molar-refractivity contribution in [2.24, 2.45) is 5.73 Å². The topological polar surface area (TPSA) is 68.5 Å².